The van der Waals surface area contributed by atoms with Gasteiger partial charge in [0.2, 0.25) is 0 Å². The second-order valence-corrected chi connectivity index (χ2v) is 9.05. The maximum absolute atomic E-state index is 12.8. The predicted octanol–water partition coefficient (Wildman–Crippen LogP) is 4.78. The Hall–Kier alpha value is -2.60. The van der Waals surface area contributed by atoms with Crippen molar-refractivity contribution >= 4 is 15.8 Å². The van der Waals surface area contributed by atoms with Gasteiger partial charge in [-0.25, -0.2) is 8.42 Å². The number of rotatable bonds is 6. The standard InChI is InChI=1S/C22H25N3O2S/c26-28(27,20-14-8-3-9-15-20)24-22-21(19-12-6-2-7-13-19)17-25(23-22)16-18-10-4-1-5-11-18/h1,3-5,8-11,14-15,17,19H,2,6-7,12-13,16H2,(H,23,24). The van der Waals surface area contributed by atoms with E-state index < -0.39 is 10.0 Å². The summed E-state index contributed by atoms with van der Waals surface area (Å²) >= 11 is 0. The average molecular weight is 396 g/mol. The van der Waals surface area contributed by atoms with E-state index >= 15 is 0 Å². The van der Waals surface area contributed by atoms with E-state index in [9.17, 15) is 8.42 Å². The second kappa shape index (κ2) is 8.19. The van der Waals surface area contributed by atoms with E-state index in [2.05, 4.69) is 22.0 Å². The molecular formula is C22H25N3O2S. The molecule has 1 N–H and O–H groups in total. The first-order chi connectivity index (χ1) is 13.6. The van der Waals surface area contributed by atoms with Crippen molar-refractivity contribution in [2.24, 2.45) is 0 Å². The molecule has 0 spiro atoms. The summed E-state index contributed by atoms with van der Waals surface area (Å²) in [6.45, 7) is 0.619. The first kappa shape index (κ1) is 18.7. The van der Waals surface area contributed by atoms with Gasteiger partial charge in [-0.05, 0) is 36.5 Å². The van der Waals surface area contributed by atoms with Crippen LogP contribution in [0.25, 0.3) is 0 Å². The van der Waals surface area contributed by atoms with Gasteiger partial charge in [0.25, 0.3) is 10.0 Å². The van der Waals surface area contributed by atoms with E-state index in [1.54, 1.807) is 30.3 Å². The van der Waals surface area contributed by atoms with Gasteiger partial charge in [0.1, 0.15) is 0 Å². The quantitative estimate of drug-likeness (QED) is 0.653. The van der Waals surface area contributed by atoms with E-state index in [-0.39, 0.29) is 4.90 Å². The number of benzene rings is 2. The molecule has 0 unspecified atom stereocenters. The van der Waals surface area contributed by atoms with Crippen LogP contribution in [0.1, 0.15) is 49.1 Å². The monoisotopic (exact) mass is 395 g/mol. The minimum absolute atomic E-state index is 0.252. The van der Waals surface area contributed by atoms with E-state index in [1.165, 1.54) is 19.3 Å². The fraction of sp³-hybridized carbons (Fsp3) is 0.318. The minimum atomic E-state index is -3.66. The highest BCUT2D eigenvalue weighted by atomic mass is 32.2. The molecule has 1 aromatic heterocycles. The zero-order valence-electron chi connectivity index (χ0n) is 15.8. The molecule has 28 heavy (non-hydrogen) atoms. The number of hydrogen-bond donors (Lipinski definition) is 1. The van der Waals surface area contributed by atoms with Crippen LogP contribution < -0.4 is 4.72 Å². The molecule has 2 aromatic carbocycles. The lowest BCUT2D eigenvalue weighted by atomic mass is 9.85. The number of hydrogen-bond acceptors (Lipinski definition) is 3. The van der Waals surface area contributed by atoms with Gasteiger partial charge in [-0.1, -0.05) is 67.8 Å². The third-order valence-electron chi connectivity index (χ3n) is 5.31. The zero-order chi connectivity index (χ0) is 19.4. The van der Waals surface area contributed by atoms with Crippen LogP contribution in [0.5, 0.6) is 0 Å². The molecule has 4 rings (SSSR count). The van der Waals surface area contributed by atoms with Gasteiger partial charge in [0, 0.05) is 11.8 Å². The van der Waals surface area contributed by atoms with Gasteiger partial charge in [-0.2, -0.15) is 5.10 Å². The molecule has 5 nitrogen and oxygen atoms in total. The maximum Gasteiger partial charge on any atom is 0.263 e. The van der Waals surface area contributed by atoms with Crippen molar-refractivity contribution < 1.29 is 8.42 Å². The molecule has 0 aliphatic heterocycles. The first-order valence-corrected chi connectivity index (χ1v) is 11.3. The van der Waals surface area contributed by atoms with E-state index in [4.69, 9.17) is 0 Å². The molecule has 3 aromatic rings. The Kier molecular flexibility index (Phi) is 5.48. The van der Waals surface area contributed by atoms with Gasteiger partial charge in [-0.15, -0.1) is 0 Å². The van der Waals surface area contributed by atoms with Crippen molar-refractivity contribution in [3.8, 4) is 0 Å². The van der Waals surface area contributed by atoms with Crippen molar-refractivity contribution in [3.63, 3.8) is 0 Å². The Morgan fingerprint density at radius 1 is 0.929 bits per heavy atom. The normalized spacial score (nSPS) is 15.4. The molecule has 1 saturated carbocycles. The molecule has 0 atom stereocenters. The summed E-state index contributed by atoms with van der Waals surface area (Å²) in [5.41, 5.74) is 2.15. The van der Waals surface area contributed by atoms with Gasteiger partial charge >= 0.3 is 0 Å². The summed E-state index contributed by atoms with van der Waals surface area (Å²) in [5.74, 6) is 0.818. The van der Waals surface area contributed by atoms with Crippen LogP contribution in [0.2, 0.25) is 0 Å². The summed E-state index contributed by atoms with van der Waals surface area (Å²) in [6.07, 6.45) is 7.79. The molecule has 1 aliphatic carbocycles. The lowest BCUT2D eigenvalue weighted by Gasteiger charge is -2.21. The van der Waals surface area contributed by atoms with Crippen LogP contribution in [-0.4, -0.2) is 18.2 Å². The highest BCUT2D eigenvalue weighted by molar-refractivity contribution is 7.92. The summed E-state index contributed by atoms with van der Waals surface area (Å²) in [5, 5.41) is 4.62. The van der Waals surface area contributed by atoms with Crippen molar-refractivity contribution in [1.82, 2.24) is 9.78 Å². The van der Waals surface area contributed by atoms with Crippen LogP contribution in [0.4, 0.5) is 5.82 Å². The lowest BCUT2D eigenvalue weighted by molar-refractivity contribution is 0.444. The molecule has 0 bridgehead atoms. The van der Waals surface area contributed by atoms with E-state index in [1.807, 2.05) is 29.1 Å². The summed E-state index contributed by atoms with van der Waals surface area (Å²) in [6, 6.07) is 18.5. The maximum atomic E-state index is 12.8. The lowest BCUT2D eigenvalue weighted by Crippen LogP contribution is -2.16. The Morgan fingerprint density at radius 3 is 2.25 bits per heavy atom. The fourth-order valence-corrected chi connectivity index (χ4v) is 4.91. The average Bonchev–Trinajstić information content (AvgIpc) is 3.11. The van der Waals surface area contributed by atoms with Crippen molar-refractivity contribution in [3.05, 3.63) is 78.0 Å². The SMILES string of the molecule is O=S(=O)(Nc1nn(Cc2ccccc2)cc1C1CCCCC1)c1ccccc1. The summed E-state index contributed by atoms with van der Waals surface area (Å²) in [4.78, 5) is 0.252. The summed E-state index contributed by atoms with van der Waals surface area (Å²) < 4.78 is 30.3. The van der Waals surface area contributed by atoms with Crippen LogP contribution >= 0.6 is 0 Å². The molecule has 0 saturated heterocycles. The minimum Gasteiger partial charge on any atom is -0.266 e. The van der Waals surface area contributed by atoms with Crippen LogP contribution in [0, 0.1) is 0 Å². The molecule has 1 fully saturated rings. The molecule has 1 aliphatic rings. The van der Waals surface area contributed by atoms with Crippen molar-refractivity contribution in [2.75, 3.05) is 4.72 Å². The largest absolute Gasteiger partial charge is 0.266 e. The zero-order valence-corrected chi connectivity index (χ0v) is 16.6. The van der Waals surface area contributed by atoms with E-state index in [0.717, 1.165) is 24.0 Å². The highest BCUT2D eigenvalue weighted by Crippen LogP contribution is 2.36. The van der Waals surface area contributed by atoms with Gasteiger partial charge in [0.05, 0.1) is 11.4 Å². The second-order valence-electron chi connectivity index (χ2n) is 7.37. The van der Waals surface area contributed by atoms with Crippen molar-refractivity contribution in [1.29, 1.82) is 0 Å². The number of sulfonamides is 1. The van der Waals surface area contributed by atoms with Crippen LogP contribution in [0.15, 0.2) is 71.8 Å². The Balaban J connectivity index is 1.66. The molecule has 0 amide bonds. The topological polar surface area (TPSA) is 64.0 Å². The molecular weight excluding hydrogens is 370 g/mol. The highest BCUT2D eigenvalue weighted by Gasteiger charge is 2.25. The Bertz CT molecular complexity index is 1010. The third kappa shape index (κ3) is 4.28. The van der Waals surface area contributed by atoms with Crippen molar-refractivity contribution in [2.45, 2.75) is 49.5 Å². The Morgan fingerprint density at radius 2 is 1.57 bits per heavy atom. The number of anilines is 1. The van der Waals surface area contributed by atoms with Crippen LogP contribution in [-0.2, 0) is 16.6 Å². The smallest absolute Gasteiger partial charge is 0.263 e. The molecule has 0 radical (unpaired) electrons. The summed E-state index contributed by atoms with van der Waals surface area (Å²) in [7, 11) is -3.66. The molecule has 1 heterocycles. The number of aromatic nitrogens is 2. The van der Waals surface area contributed by atoms with Gasteiger partial charge in [-0.3, -0.25) is 9.40 Å². The van der Waals surface area contributed by atoms with Gasteiger partial charge in [0.15, 0.2) is 5.82 Å². The van der Waals surface area contributed by atoms with Gasteiger partial charge < -0.3 is 0 Å². The molecule has 146 valence electrons. The molecule has 6 heteroatoms. The van der Waals surface area contributed by atoms with Crippen LogP contribution in [0.3, 0.4) is 0 Å². The fourth-order valence-electron chi connectivity index (χ4n) is 3.87. The first-order valence-electron chi connectivity index (χ1n) is 9.81. The van der Waals surface area contributed by atoms with E-state index in [0.29, 0.717) is 18.3 Å². The third-order valence-corrected chi connectivity index (χ3v) is 6.66. The Labute approximate surface area is 166 Å². The predicted molar refractivity (Wildman–Crippen MR) is 111 cm³/mol. The number of nitrogens with one attached hydrogen (secondary N) is 1. The number of nitrogens with zero attached hydrogens (tertiary/aromatic N) is 2.